The summed E-state index contributed by atoms with van der Waals surface area (Å²) in [4.78, 5) is 25.5. The van der Waals surface area contributed by atoms with Crippen LogP contribution in [0, 0.1) is 13.8 Å². The summed E-state index contributed by atoms with van der Waals surface area (Å²) in [5, 5.41) is -0.244. The summed E-state index contributed by atoms with van der Waals surface area (Å²) in [6.07, 6.45) is -0.0584. The molecule has 0 atom stereocenters. The van der Waals surface area contributed by atoms with E-state index in [1.54, 1.807) is 0 Å². The summed E-state index contributed by atoms with van der Waals surface area (Å²) in [6.45, 7) is 4.00. The smallest absolute Gasteiger partial charge is 0.201 e. The first-order valence-electron chi connectivity index (χ1n) is 6.57. The highest BCUT2D eigenvalue weighted by Crippen LogP contribution is 2.25. The summed E-state index contributed by atoms with van der Waals surface area (Å²) >= 11 is 2.24. The van der Waals surface area contributed by atoms with Crippen LogP contribution in [0.4, 0.5) is 0 Å². The van der Waals surface area contributed by atoms with Crippen LogP contribution in [0.15, 0.2) is 58.3 Å². The lowest BCUT2D eigenvalue weighted by Gasteiger charge is -2.02. The molecule has 2 aromatic carbocycles. The van der Waals surface area contributed by atoms with Gasteiger partial charge in [-0.3, -0.25) is 9.59 Å². The van der Waals surface area contributed by atoms with Gasteiger partial charge in [-0.15, -0.1) is 0 Å². The molecule has 2 nitrogen and oxygen atoms in total. The fourth-order valence-corrected chi connectivity index (χ4v) is 3.23. The van der Waals surface area contributed by atoms with Gasteiger partial charge in [0.25, 0.3) is 0 Å². The number of rotatable bonds is 4. The monoisotopic (exact) mass is 316 g/mol. The summed E-state index contributed by atoms with van der Waals surface area (Å²) in [7, 11) is 0. The maximum Gasteiger partial charge on any atom is 0.201 e. The van der Waals surface area contributed by atoms with Crippen molar-refractivity contribution < 1.29 is 9.59 Å². The average Bonchev–Trinajstić information content (AvgIpc) is 2.44. The quantitative estimate of drug-likeness (QED) is 0.608. The van der Waals surface area contributed by atoms with Crippen molar-refractivity contribution in [2.45, 2.75) is 30.1 Å². The van der Waals surface area contributed by atoms with Crippen molar-refractivity contribution in [3.8, 4) is 0 Å². The van der Waals surface area contributed by atoms with Crippen molar-refractivity contribution in [1.29, 1.82) is 0 Å². The zero-order valence-corrected chi connectivity index (χ0v) is 13.6. The van der Waals surface area contributed by atoms with Crippen molar-refractivity contribution in [1.82, 2.24) is 0 Å². The average molecular weight is 316 g/mol. The Bertz CT molecular complexity index is 573. The van der Waals surface area contributed by atoms with Crippen molar-refractivity contribution >= 4 is 33.8 Å². The first kappa shape index (κ1) is 15.9. The van der Waals surface area contributed by atoms with Crippen molar-refractivity contribution in [2.75, 3.05) is 0 Å². The van der Waals surface area contributed by atoms with Crippen LogP contribution in [0.1, 0.15) is 17.5 Å². The molecule has 0 unspecified atom stereocenters. The fourth-order valence-electron chi connectivity index (χ4n) is 1.67. The second-order valence-electron chi connectivity index (χ2n) is 4.75. The normalized spacial score (nSPS) is 10.4. The highest BCUT2D eigenvalue weighted by molar-refractivity contribution is 8.15. The maximum absolute atomic E-state index is 11.9. The fraction of sp³-hybridized carbons (Fsp3) is 0.176. The molecule has 4 heteroatoms. The Morgan fingerprint density at radius 2 is 1.05 bits per heavy atom. The summed E-state index contributed by atoms with van der Waals surface area (Å²) in [5.41, 5.74) is 2.30. The van der Waals surface area contributed by atoms with Gasteiger partial charge >= 0.3 is 0 Å². The van der Waals surface area contributed by atoms with Crippen LogP contribution in [0.25, 0.3) is 0 Å². The van der Waals surface area contributed by atoms with Crippen LogP contribution in [0.3, 0.4) is 0 Å². The zero-order chi connectivity index (χ0) is 15.2. The van der Waals surface area contributed by atoms with Crippen LogP contribution >= 0.6 is 23.5 Å². The van der Waals surface area contributed by atoms with E-state index in [0.717, 1.165) is 44.4 Å². The van der Waals surface area contributed by atoms with Gasteiger partial charge in [-0.25, -0.2) is 0 Å². The molecule has 0 aliphatic rings. The molecule has 21 heavy (non-hydrogen) atoms. The van der Waals surface area contributed by atoms with Gasteiger partial charge in [-0.1, -0.05) is 58.9 Å². The van der Waals surface area contributed by atoms with Crippen molar-refractivity contribution in [3.63, 3.8) is 0 Å². The molecule has 0 saturated heterocycles. The molecule has 0 N–H and O–H groups in total. The van der Waals surface area contributed by atoms with Crippen LogP contribution in [0.5, 0.6) is 0 Å². The molecule has 0 amide bonds. The van der Waals surface area contributed by atoms with E-state index < -0.39 is 0 Å². The lowest BCUT2D eigenvalue weighted by atomic mass is 10.2. The second kappa shape index (κ2) is 7.48. The third-order valence-electron chi connectivity index (χ3n) is 2.79. The first-order valence-corrected chi connectivity index (χ1v) is 8.21. The number of aryl methyl sites for hydroxylation is 2. The van der Waals surface area contributed by atoms with Gasteiger partial charge in [0.1, 0.15) is 0 Å². The predicted octanol–water partition coefficient (Wildman–Crippen LogP) is 4.63. The minimum atomic E-state index is -0.122. The van der Waals surface area contributed by atoms with Crippen LogP contribution in [0.2, 0.25) is 0 Å². The van der Waals surface area contributed by atoms with Gasteiger partial charge in [-0.05, 0) is 38.1 Å². The van der Waals surface area contributed by atoms with E-state index in [2.05, 4.69) is 0 Å². The number of benzene rings is 2. The number of thioether (sulfide) groups is 2. The van der Waals surface area contributed by atoms with E-state index >= 15 is 0 Å². The van der Waals surface area contributed by atoms with E-state index in [9.17, 15) is 9.59 Å². The van der Waals surface area contributed by atoms with Gasteiger partial charge < -0.3 is 0 Å². The summed E-state index contributed by atoms with van der Waals surface area (Å²) in [5.74, 6) is 0. The molecule has 0 radical (unpaired) electrons. The van der Waals surface area contributed by atoms with Gasteiger partial charge in [0.15, 0.2) is 0 Å². The minimum Gasteiger partial charge on any atom is -0.286 e. The summed E-state index contributed by atoms with van der Waals surface area (Å²) in [6, 6.07) is 15.4. The third kappa shape index (κ3) is 5.40. The van der Waals surface area contributed by atoms with E-state index in [4.69, 9.17) is 0 Å². The van der Waals surface area contributed by atoms with Gasteiger partial charge in [0, 0.05) is 9.79 Å². The molecule has 108 valence electrons. The molecule has 0 aliphatic heterocycles. The predicted molar refractivity (Wildman–Crippen MR) is 88.7 cm³/mol. The lowest BCUT2D eigenvalue weighted by Crippen LogP contribution is -2.00. The Kier molecular flexibility index (Phi) is 5.65. The van der Waals surface area contributed by atoms with Gasteiger partial charge in [0.05, 0.1) is 6.42 Å². The Labute approximate surface area is 133 Å². The van der Waals surface area contributed by atoms with Crippen LogP contribution in [-0.4, -0.2) is 10.2 Å². The molecule has 2 rings (SSSR count). The van der Waals surface area contributed by atoms with Crippen LogP contribution in [-0.2, 0) is 9.59 Å². The first-order chi connectivity index (χ1) is 10.0. The highest BCUT2D eigenvalue weighted by Gasteiger charge is 2.12. The number of carbonyl (C=O) groups excluding carboxylic acids is 2. The topological polar surface area (TPSA) is 34.1 Å². The Balaban J connectivity index is 1.85. The third-order valence-corrected chi connectivity index (χ3v) is 4.55. The molecular formula is C17H16O2S2. The molecule has 0 fully saturated rings. The highest BCUT2D eigenvalue weighted by atomic mass is 32.2. The van der Waals surface area contributed by atoms with Crippen LogP contribution < -0.4 is 0 Å². The molecule has 0 saturated carbocycles. The molecule has 0 heterocycles. The number of hydrogen-bond acceptors (Lipinski definition) is 4. The van der Waals surface area contributed by atoms with Crippen molar-refractivity contribution in [2.24, 2.45) is 0 Å². The molecule has 0 spiro atoms. The standard InChI is InChI=1S/C17H16O2S2/c1-12-3-7-14(8-4-12)20-16(18)11-17(19)21-15-9-5-13(2)6-10-15/h3-10H,11H2,1-2H3. The molecule has 0 aliphatic carbocycles. The Morgan fingerprint density at radius 1 is 0.714 bits per heavy atom. The lowest BCUT2D eigenvalue weighted by molar-refractivity contribution is -0.117. The molecule has 0 aromatic heterocycles. The Hall–Kier alpha value is -1.52. The van der Waals surface area contributed by atoms with E-state index in [1.807, 2.05) is 62.4 Å². The van der Waals surface area contributed by atoms with E-state index in [1.165, 1.54) is 0 Å². The molecule has 0 bridgehead atoms. The number of hydrogen-bond donors (Lipinski definition) is 0. The van der Waals surface area contributed by atoms with Gasteiger partial charge in [0.2, 0.25) is 10.2 Å². The zero-order valence-electron chi connectivity index (χ0n) is 12.0. The largest absolute Gasteiger partial charge is 0.286 e. The second-order valence-corrected chi connectivity index (χ2v) is 7.01. The van der Waals surface area contributed by atoms with E-state index in [0.29, 0.717) is 0 Å². The van der Waals surface area contributed by atoms with Crippen molar-refractivity contribution in [3.05, 3.63) is 59.7 Å². The summed E-state index contributed by atoms with van der Waals surface area (Å²) < 4.78 is 0. The number of carbonyl (C=O) groups is 2. The molecule has 2 aromatic rings. The molecular weight excluding hydrogens is 300 g/mol. The maximum atomic E-state index is 11.9. The SMILES string of the molecule is Cc1ccc(SC(=O)CC(=O)Sc2ccc(C)cc2)cc1. The van der Waals surface area contributed by atoms with Gasteiger partial charge in [-0.2, -0.15) is 0 Å². The van der Waals surface area contributed by atoms with E-state index in [-0.39, 0.29) is 16.7 Å². The Morgan fingerprint density at radius 3 is 1.38 bits per heavy atom. The minimum absolute atomic E-state index is 0.0584.